The van der Waals surface area contributed by atoms with E-state index in [0.29, 0.717) is 43.4 Å². The van der Waals surface area contributed by atoms with E-state index in [1.54, 1.807) is 12.1 Å². The summed E-state index contributed by atoms with van der Waals surface area (Å²) in [5.41, 5.74) is 5.36. The van der Waals surface area contributed by atoms with Gasteiger partial charge in [0.05, 0.1) is 6.54 Å². The van der Waals surface area contributed by atoms with E-state index in [2.05, 4.69) is 24.6 Å². The van der Waals surface area contributed by atoms with Crippen molar-refractivity contribution in [2.75, 3.05) is 36.3 Å². The minimum atomic E-state index is -1.22. The Bertz CT molecular complexity index is 821. The molecule has 1 saturated carbocycles. The van der Waals surface area contributed by atoms with Crippen LogP contribution < -0.4 is 20.3 Å². The van der Waals surface area contributed by atoms with Gasteiger partial charge in [0.15, 0.2) is 18.2 Å². The summed E-state index contributed by atoms with van der Waals surface area (Å²) >= 11 is 0. The standard InChI is InChI=1S/C19H28N4O5Si/c1-29(2,3)7-6-26-12-23-16(24)10-27-14-4-5-15(21-17(14)23)22-11-19(28-18(22)25)8-13(20)9-19/h4-5,13H,6-12,20H2,1-3H3. The molecule has 1 aromatic rings. The summed E-state index contributed by atoms with van der Waals surface area (Å²) in [6.45, 7) is 7.88. The SMILES string of the molecule is C[Si](C)(C)CCOCN1C(=O)COc2ccc(N3CC4(CC(N)C4)OC3=O)nc21. The number of pyridine rings is 1. The fourth-order valence-corrected chi connectivity index (χ4v) is 4.55. The van der Waals surface area contributed by atoms with E-state index < -0.39 is 19.8 Å². The second-order valence-corrected chi connectivity index (χ2v) is 14.9. The maximum atomic E-state index is 12.4. The summed E-state index contributed by atoms with van der Waals surface area (Å²) in [5, 5.41) is 0. The number of rotatable bonds is 6. The van der Waals surface area contributed by atoms with Crippen LogP contribution in [0.1, 0.15) is 12.8 Å². The molecular weight excluding hydrogens is 392 g/mol. The minimum absolute atomic E-state index is 0.0574. The Morgan fingerprint density at radius 2 is 2.07 bits per heavy atom. The van der Waals surface area contributed by atoms with Gasteiger partial charge in [-0.2, -0.15) is 0 Å². The molecule has 1 spiro atoms. The average Bonchev–Trinajstić information content (AvgIpc) is 2.96. The molecule has 0 radical (unpaired) electrons. The van der Waals surface area contributed by atoms with Crippen LogP contribution in [0.25, 0.3) is 0 Å². The van der Waals surface area contributed by atoms with Gasteiger partial charge in [-0.05, 0) is 18.2 Å². The van der Waals surface area contributed by atoms with Crippen molar-refractivity contribution in [1.29, 1.82) is 0 Å². The number of hydrogen-bond donors (Lipinski definition) is 1. The zero-order valence-electron chi connectivity index (χ0n) is 17.1. The van der Waals surface area contributed by atoms with Crippen molar-refractivity contribution in [3.8, 4) is 5.75 Å². The van der Waals surface area contributed by atoms with E-state index in [0.717, 1.165) is 6.04 Å². The van der Waals surface area contributed by atoms with Crippen molar-refractivity contribution in [1.82, 2.24) is 4.98 Å². The summed E-state index contributed by atoms with van der Waals surface area (Å²) in [6, 6.07) is 4.51. The van der Waals surface area contributed by atoms with E-state index >= 15 is 0 Å². The number of anilines is 2. The summed E-state index contributed by atoms with van der Waals surface area (Å²) < 4.78 is 16.8. The molecule has 2 amide bonds. The van der Waals surface area contributed by atoms with E-state index in [1.165, 1.54) is 9.80 Å². The Morgan fingerprint density at radius 3 is 2.76 bits per heavy atom. The Hall–Kier alpha value is -2.17. The van der Waals surface area contributed by atoms with Gasteiger partial charge in [-0.1, -0.05) is 19.6 Å². The van der Waals surface area contributed by atoms with Crippen LogP contribution in [-0.2, 0) is 14.3 Å². The lowest BCUT2D eigenvalue weighted by molar-refractivity contribution is -0.122. The molecule has 3 heterocycles. The highest BCUT2D eigenvalue weighted by Gasteiger charge is 2.53. The van der Waals surface area contributed by atoms with Crippen LogP contribution in [0, 0.1) is 0 Å². The van der Waals surface area contributed by atoms with Crippen LogP contribution in [0.3, 0.4) is 0 Å². The second kappa shape index (κ2) is 7.26. The molecule has 0 aromatic carbocycles. The number of fused-ring (bicyclic) bond motifs is 1. The minimum Gasteiger partial charge on any atom is -0.480 e. The fourth-order valence-electron chi connectivity index (χ4n) is 3.79. The van der Waals surface area contributed by atoms with Gasteiger partial charge in [-0.3, -0.25) is 14.6 Å². The average molecular weight is 421 g/mol. The molecule has 4 rings (SSSR count). The van der Waals surface area contributed by atoms with Gasteiger partial charge >= 0.3 is 6.09 Å². The monoisotopic (exact) mass is 420 g/mol. The highest BCUT2D eigenvalue weighted by atomic mass is 28.3. The molecule has 1 aromatic heterocycles. The maximum absolute atomic E-state index is 12.4. The third-order valence-corrected chi connectivity index (χ3v) is 7.17. The first kappa shape index (κ1) is 20.1. The van der Waals surface area contributed by atoms with Gasteiger partial charge in [0.2, 0.25) is 0 Å². The molecule has 29 heavy (non-hydrogen) atoms. The molecule has 9 nitrogen and oxygen atoms in total. The predicted octanol–water partition coefficient (Wildman–Crippen LogP) is 1.94. The predicted molar refractivity (Wildman–Crippen MR) is 110 cm³/mol. The summed E-state index contributed by atoms with van der Waals surface area (Å²) in [7, 11) is -1.22. The lowest BCUT2D eigenvalue weighted by Gasteiger charge is -2.40. The molecule has 158 valence electrons. The highest BCUT2D eigenvalue weighted by Crippen LogP contribution is 2.42. The van der Waals surface area contributed by atoms with Crippen LogP contribution in [0.2, 0.25) is 25.7 Å². The lowest BCUT2D eigenvalue weighted by Crippen LogP contribution is -2.54. The number of nitrogens with two attached hydrogens (primary N) is 1. The number of carbonyl (C=O) groups is 2. The normalized spacial score (nSPS) is 26.3. The van der Waals surface area contributed by atoms with Crippen molar-refractivity contribution in [3.63, 3.8) is 0 Å². The summed E-state index contributed by atoms with van der Waals surface area (Å²) in [6.07, 6.45) is 0.864. The quantitative estimate of drug-likeness (QED) is 0.553. The molecule has 2 N–H and O–H groups in total. The van der Waals surface area contributed by atoms with Crippen molar-refractivity contribution >= 4 is 31.7 Å². The Kier molecular flexibility index (Phi) is 5.04. The maximum Gasteiger partial charge on any atom is 0.416 e. The fraction of sp³-hybridized carbons (Fsp3) is 0.632. The molecule has 0 bridgehead atoms. The van der Waals surface area contributed by atoms with Crippen LogP contribution in [-0.4, -0.2) is 63.2 Å². The third-order valence-electron chi connectivity index (χ3n) is 5.46. The Balaban J connectivity index is 1.49. The molecule has 1 saturated heterocycles. The van der Waals surface area contributed by atoms with Crippen LogP contribution in [0.15, 0.2) is 12.1 Å². The third kappa shape index (κ3) is 4.10. The lowest BCUT2D eigenvalue weighted by atomic mass is 9.76. The van der Waals surface area contributed by atoms with Crippen molar-refractivity contribution in [2.24, 2.45) is 5.73 Å². The summed E-state index contributed by atoms with van der Waals surface area (Å²) in [4.78, 5) is 32.3. The van der Waals surface area contributed by atoms with Gasteiger partial charge < -0.3 is 19.9 Å². The van der Waals surface area contributed by atoms with Crippen molar-refractivity contribution < 1.29 is 23.8 Å². The number of amides is 2. The first-order valence-electron chi connectivity index (χ1n) is 9.94. The molecule has 2 aliphatic heterocycles. The number of nitrogens with zero attached hydrogens (tertiary/aromatic N) is 3. The molecule has 0 unspecified atom stereocenters. The molecule has 10 heteroatoms. The van der Waals surface area contributed by atoms with E-state index in [1.807, 2.05) is 0 Å². The first-order chi connectivity index (χ1) is 13.7. The topological polar surface area (TPSA) is 107 Å². The molecule has 1 aliphatic carbocycles. The zero-order chi connectivity index (χ0) is 20.8. The van der Waals surface area contributed by atoms with Crippen molar-refractivity contribution in [2.45, 2.75) is 50.2 Å². The molecule has 2 fully saturated rings. The first-order valence-corrected chi connectivity index (χ1v) is 13.6. The van der Waals surface area contributed by atoms with Gasteiger partial charge in [-0.25, -0.2) is 9.78 Å². The number of ether oxygens (including phenoxy) is 3. The van der Waals surface area contributed by atoms with Gasteiger partial charge in [0.25, 0.3) is 5.91 Å². The van der Waals surface area contributed by atoms with Crippen molar-refractivity contribution in [3.05, 3.63) is 12.1 Å². The van der Waals surface area contributed by atoms with Gasteiger partial charge in [0.1, 0.15) is 18.1 Å². The van der Waals surface area contributed by atoms with Crippen LogP contribution in [0.4, 0.5) is 16.4 Å². The smallest absolute Gasteiger partial charge is 0.416 e. The van der Waals surface area contributed by atoms with Crippen LogP contribution >= 0.6 is 0 Å². The Morgan fingerprint density at radius 1 is 1.31 bits per heavy atom. The molecular formula is C19H28N4O5Si. The number of aromatic nitrogens is 1. The van der Waals surface area contributed by atoms with E-state index in [4.69, 9.17) is 19.9 Å². The number of hydrogen-bond acceptors (Lipinski definition) is 7. The molecule has 3 aliphatic rings. The van der Waals surface area contributed by atoms with Gasteiger partial charge in [-0.15, -0.1) is 0 Å². The van der Waals surface area contributed by atoms with E-state index in [-0.39, 0.29) is 25.3 Å². The second-order valence-electron chi connectivity index (χ2n) is 9.26. The largest absolute Gasteiger partial charge is 0.480 e. The Labute approximate surface area is 171 Å². The highest BCUT2D eigenvalue weighted by molar-refractivity contribution is 6.76. The molecule has 0 atom stereocenters. The zero-order valence-corrected chi connectivity index (χ0v) is 18.1. The summed E-state index contributed by atoms with van der Waals surface area (Å²) in [5.74, 6) is 1.07. The van der Waals surface area contributed by atoms with Crippen LogP contribution in [0.5, 0.6) is 5.75 Å². The number of carbonyl (C=O) groups excluding carboxylic acids is 2. The van der Waals surface area contributed by atoms with E-state index in [9.17, 15) is 9.59 Å². The van der Waals surface area contributed by atoms with Gasteiger partial charge in [0, 0.05) is 33.6 Å².